The molecule has 0 radical (unpaired) electrons. The molecule has 24 heavy (non-hydrogen) atoms. The Kier molecular flexibility index (Phi) is 4.57. The number of rotatable bonds is 4. The van der Waals surface area contributed by atoms with Crippen molar-refractivity contribution in [3.8, 4) is 5.75 Å². The van der Waals surface area contributed by atoms with Crippen molar-refractivity contribution in [2.75, 3.05) is 19.0 Å². The number of ether oxygens (including phenoxy) is 2. The van der Waals surface area contributed by atoms with Crippen molar-refractivity contribution in [1.29, 1.82) is 0 Å². The Hall–Kier alpha value is -2.35. The maximum Gasteiger partial charge on any atom is 0.338 e. The van der Waals surface area contributed by atoms with Crippen molar-refractivity contribution >= 4 is 27.8 Å². The van der Waals surface area contributed by atoms with Crippen molar-refractivity contribution in [2.45, 2.75) is 19.9 Å². The molecular formula is C16H17BrN4O3. The Morgan fingerprint density at radius 2 is 2.25 bits per heavy atom. The number of allylic oxidation sites excluding steroid dienone is 1. The summed E-state index contributed by atoms with van der Waals surface area (Å²) in [4.78, 5) is 16.7. The molecule has 0 saturated heterocycles. The van der Waals surface area contributed by atoms with Gasteiger partial charge in [-0.1, -0.05) is 6.07 Å². The van der Waals surface area contributed by atoms with Crippen LogP contribution in [0.25, 0.3) is 0 Å². The average molecular weight is 393 g/mol. The van der Waals surface area contributed by atoms with Crippen LogP contribution < -0.4 is 10.1 Å². The first-order valence-electron chi connectivity index (χ1n) is 7.44. The topological polar surface area (TPSA) is 78.3 Å². The first-order chi connectivity index (χ1) is 11.6. The number of benzene rings is 1. The molecule has 1 aliphatic rings. The number of anilines is 1. The van der Waals surface area contributed by atoms with Crippen LogP contribution >= 0.6 is 15.9 Å². The highest BCUT2D eigenvalue weighted by molar-refractivity contribution is 9.10. The van der Waals surface area contributed by atoms with Gasteiger partial charge in [-0.25, -0.2) is 9.48 Å². The van der Waals surface area contributed by atoms with Gasteiger partial charge in [0.15, 0.2) is 0 Å². The molecule has 2 heterocycles. The monoisotopic (exact) mass is 392 g/mol. The van der Waals surface area contributed by atoms with Gasteiger partial charge >= 0.3 is 5.97 Å². The number of carbonyl (C=O) groups is 1. The minimum atomic E-state index is -0.426. The normalized spacial score (nSPS) is 16.4. The van der Waals surface area contributed by atoms with Crippen LogP contribution in [-0.2, 0) is 9.53 Å². The van der Waals surface area contributed by atoms with Crippen molar-refractivity contribution in [1.82, 2.24) is 14.8 Å². The number of esters is 1. The Morgan fingerprint density at radius 1 is 1.46 bits per heavy atom. The zero-order chi connectivity index (χ0) is 17.3. The summed E-state index contributed by atoms with van der Waals surface area (Å²) in [5.74, 6) is 0.919. The van der Waals surface area contributed by atoms with E-state index in [1.807, 2.05) is 25.1 Å². The first kappa shape index (κ1) is 16.5. The summed E-state index contributed by atoms with van der Waals surface area (Å²) >= 11 is 3.49. The molecule has 3 rings (SSSR count). The van der Waals surface area contributed by atoms with Crippen molar-refractivity contribution in [3.05, 3.63) is 45.8 Å². The highest BCUT2D eigenvalue weighted by atomic mass is 79.9. The second-order valence-electron chi connectivity index (χ2n) is 5.21. The van der Waals surface area contributed by atoms with Crippen LogP contribution in [0.4, 0.5) is 5.95 Å². The fraction of sp³-hybridized carbons (Fsp3) is 0.312. The number of carbonyl (C=O) groups excluding carboxylic acids is 1. The standard InChI is InChI=1S/C16H17BrN4O3/c1-4-24-15(22)13-9(2)20-16-18-8-19-21(16)14(13)10-5-6-12(23-3)11(17)7-10/h5-8,14H,4H2,1-3H3,(H,18,19,20)/t14-/m1/s1. The number of nitrogens with one attached hydrogen (secondary N) is 1. The van der Waals surface area contributed by atoms with E-state index in [0.717, 1.165) is 10.0 Å². The smallest absolute Gasteiger partial charge is 0.338 e. The molecule has 1 aromatic heterocycles. The number of halogens is 1. The minimum Gasteiger partial charge on any atom is -0.496 e. The van der Waals surface area contributed by atoms with Crippen LogP contribution in [-0.4, -0.2) is 34.5 Å². The molecule has 0 aliphatic carbocycles. The highest BCUT2D eigenvalue weighted by Crippen LogP contribution is 2.37. The summed E-state index contributed by atoms with van der Waals surface area (Å²) in [6.45, 7) is 3.92. The third kappa shape index (κ3) is 2.77. The number of aromatic nitrogens is 3. The summed E-state index contributed by atoms with van der Waals surface area (Å²) < 4.78 is 13.0. The largest absolute Gasteiger partial charge is 0.496 e. The average Bonchev–Trinajstić information content (AvgIpc) is 3.01. The second-order valence-corrected chi connectivity index (χ2v) is 6.06. The summed E-state index contributed by atoms with van der Waals surface area (Å²) in [5, 5.41) is 7.37. The van der Waals surface area contributed by atoms with Gasteiger partial charge in [0, 0.05) is 5.70 Å². The Bertz CT molecular complexity index is 815. The molecule has 7 nitrogen and oxygen atoms in total. The fourth-order valence-corrected chi connectivity index (χ4v) is 3.28. The van der Waals surface area contributed by atoms with E-state index < -0.39 is 6.04 Å². The molecule has 1 aliphatic heterocycles. The Labute approximate surface area is 147 Å². The molecule has 0 saturated carbocycles. The lowest BCUT2D eigenvalue weighted by molar-refractivity contribution is -0.139. The Balaban J connectivity index is 2.14. The number of nitrogens with zero attached hydrogens (tertiary/aromatic N) is 3. The van der Waals surface area contributed by atoms with E-state index in [9.17, 15) is 4.79 Å². The molecular weight excluding hydrogens is 376 g/mol. The van der Waals surface area contributed by atoms with Gasteiger partial charge in [0.2, 0.25) is 5.95 Å². The van der Waals surface area contributed by atoms with E-state index in [-0.39, 0.29) is 5.97 Å². The fourth-order valence-electron chi connectivity index (χ4n) is 2.73. The summed E-state index contributed by atoms with van der Waals surface area (Å²) in [6, 6.07) is 5.23. The van der Waals surface area contributed by atoms with Gasteiger partial charge in [-0.3, -0.25) is 0 Å². The molecule has 1 atom stereocenters. The van der Waals surface area contributed by atoms with Gasteiger partial charge in [-0.15, -0.1) is 0 Å². The minimum absolute atomic E-state index is 0.304. The van der Waals surface area contributed by atoms with E-state index in [0.29, 0.717) is 29.6 Å². The molecule has 126 valence electrons. The van der Waals surface area contributed by atoms with Gasteiger partial charge in [0.1, 0.15) is 18.1 Å². The third-order valence-electron chi connectivity index (χ3n) is 3.78. The SMILES string of the molecule is CCOC(=O)C1=C(C)Nc2ncnn2[C@@H]1c1ccc(OC)c(Br)c1. The highest BCUT2D eigenvalue weighted by Gasteiger charge is 2.34. The van der Waals surface area contributed by atoms with Gasteiger partial charge in [-0.05, 0) is 47.5 Å². The van der Waals surface area contributed by atoms with E-state index in [2.05, 4.69) is 31.3 Å². The summed E-state index contributed by atoms with van der Waals surface area (Å²) in [6.07, 6.45) is 1.45. The third-order valence-corrected chi connectivity index (χ3v) is 4.40. The van der Waals surface area contributed by atoms with Gasteiger partial charge in [-0.2, -0.15) is 10.1 Å². The quantitative estimate of drug-likeness (QED) is 0.805. The number of hydrogen-bond donors (Lipinski definition) is 1. The molecule has 0 amide bonds. The lowest BCUT2D eigenvalue weighted by atomic mass is 9.96. The predicted molar refractivity (Wildman–Crippen MR) is 91.8 cm³/mol. The van der Waals surface area contributed by atoms with Gasteiger partial charge in [0.25, 0.3) is 0 Å². The van der Waals surface area contributed by atoms with Gasteiger partial charge < -0.3 is 14.8 Å². The predicted octanol–water partition coefficient (Wildman–Crippen LogP) is 2.90. The second kappa shape index (κ2) is 6.64. The molecule has 0 fully saturated rings. The van der Waals surface area contributed by atoms with Crippen LogP contribution in [0.3, 0.4) is 0 Å². The molecule has 1 N–H and O–H groups in total. The lowest BCUT2D eigenvalue weighted by Crippen LogP contribution is -2.29. The summed E-state index contributed by atoms with van der Waals surface area (Å²) in [7, 11) is 1.61. The van der Waals surface area contributed by atoms with Crippen LogP contribution in [0.1, 0.15) is 25.5 Å². The van der Waals surface area contributed by atoms with E-state index in [1.165, 1.54) is 6.33 Å². The molecule has 0 bridgehead atoms. The zero-order valence-electron chi connectivity index (χ0n) is 13.5. The van der Waals surface area contributed by atoms with Gasteiger partial charge in [0.05, 0.1) is 23.8 Å². The van der Waals surface area contributed by atoms with E-state index >= 15 is 0 Å². The van der Waals surface area contributed by atoms with E-state index in [1.54, 1.807) is 18.7 Å². The maximum atomic E-state index is 12.5. The van der Waals surface area contributed by atoms with Crippen molar-refractivity contribution in [3.63, 3.8) is 0 Å². The molecule has 0 unspecified atom stereocenters. The van der Waals surface area contributed by atoms with E-state index in [4.69, 9.17) is 9.47 Å². The maximum absolute atomic E-state index is 12.5. The molecule has 0 spiro atoms. The van der Waals surface area contributed by atoms with Crippen molar-refractivity contribution in [2.24, 2.45) is 0 Å². The number of methoxy groups -OCH3 is 1. The molecule has 1 aromatic carbocycles. The lowest BCUT2D eigenvalue weighted by Gasteiger charge is -2.28. The molecule has 8 heteroatoms. The zero-order valence-corrected chi connectivity index (χ0v) is 15.1. The van der Waals surface area contributed by atoms with Crippen LogP contribution in [0.15, 0.2) is 40.3 Å². The number of fused-ring (bicyclic) bond motifs is 1. The van der Waals surface area contributed by atoms with Crippen molar-refractivity contribution < 1.29 is 14.3 Å². The summed E-state index contributed by atoms with van der Waals surface area (Å²) in [5.41, 5.74) is 2.08. The van der Waals surface area contributed by atoms with Crippen LogP contribution in [0, 0.1) is 0 Å². The first-order valence-corrected chi connectivity index (χ1v) is 8.24. The Morgan fingerprint density at radius 3 is 2.92 bits per heavy atom. The van der Waals surface area contributed by atoms with Crippen LogP contribution in [0.5, 0.6) is 5.75 Å². The van der Waals surface area contributed by atoms with Crippen LogP contribution in [0.2, 0.25) is 0 Å². The number of hydrogen-bond acceptors (Lipinski definition) is 6. The molecule has 2 aromatic rings.